The zero-order chi connectivity index (χ0) is 9.97. The van der Waals surface area contributed by atoms with Crippen LogP contribution < -0.4 is 4.74 Å². The molecule has 1 aromatic heterocycles. The summed E-state index contributed by atoms with van der Waals surface area (Å²) in [4.78, 5) is 6.77. The molecule has 0 amide bonds. The van der Waals surface area contributed by atoms with E-state index < -0.39 is 0 Å². The third-order valence-electron chi connectivity index (χ3n) is 1.90. The SMILES string of the molecule is COc1ccc(-c2c[nH][c]n2)cc1Cl. The van der Waals surface area contributed by atoms with Gasteiger partial charge in [0, 0.05) is 11.8 Å². The van der Waals surface area contributed by atoms with Gasteiger partial charge in [0.2, 0.25) is 0 Å². The number of rotatable bonds is 2. The number of ether oxygens (including phenoxy) is 1. The summed E-state index contributed by atoms with van der Waals surface area (Å²) in [5, 5.41) is 0.577. The number of benzene rings is 1. The van der Waals surface area contributed by atoms with Gasteiger partial charge in [-0.25, -0.2) is 4.98 Å². The van der Waals surface area contributed by atoms with Crippen LogP contribution in [0, 0.1) is 6.33 Å². The van der Waals surface area contributed by atoms with Gasteiger partial charge in [-0.2, -0.15) is 0 Å². The summed E-state index contributed by atoms with van der Waals surface area (Å²) >= 11 is 5.97. The maximum absolute atomic E-state index is 5.97. The highest BCUT2D eigenvalue weighted by molar-refractivity contribution is 6.32. The number of aromatic amines is 1. The number of H-pyrrole nitrogens is 1. The van der Waals surface area contributed by atoms with Gasteiger partial charge in [0.15, 0.2) is 6.33 Å². The smallest absolute Gasteiger partial charge is 0.174 e. The lowest BCUT2D eigenvalue weighted by atomic mass is 10.1. The number of halogens is 1. The van der Waals surface area contributed by atoms with E-state index in [0.29, 0.717) is 10.8 Å². The van der Waals surface area contributed by atoms with Gasteiger partial charge in [0.05, 0.1) is 17.8 Å². The first kappa shape index (κ1) is 9.09. The maximum Gasteiger partial charge on any atom is 0.174 e. The van der Waals surface area contributed by atoms with Crippen molar-refractivity contribution in [3.8, 4) is 17.0 Å². The Morgan fingerprint density at radius 2 is 2.36 bits per heavy atom. The van der Waals surface area contributed by atoms with Crippen molar-refractivity contribution in [2.24, 2.45) is 0 Å². The Hall–Kier alpha value is -1.48. The second-order valence-corrected chi connectivity index (χ2v) is 3.15. The molecule has 2 aromatic rings. The Kier molecular flexibility index (Phi) is 2.41. The second kappa shape index (κ2) is 3.72. The molecule has 0 saturated heterocycles. The van der Waals surface area contributed by atoms with Crippen molar-refractivity contribution in [1.29, 1.82) is 0 Å². The maximum atomic E-state index is 5.97. The van der Waals surface area contributed by atoms with Crippen molar-refractivity contribution in [2.45, 2.75) is 0 Å². The minimum atomic E-state index is 0.577. The molecule has 0 unspecified atom stereocenters. The summed E-state index contributed by atoms with van der Waals surface area (Å²) in [6, 6.07) is 5.52. The lowest BCUT2D eigenvalue weighted by Crippen LogP contribution is -1.84. The quantitative estimate of drug-likeness (QED) is 0.822. The molecule has 71 valence electrons. The van der Waals surface area contributed by atoms with Crippen LogP contribution in [-0.2, 0) is 0 Å². The van der Waals surface area contributed by atoms with E-state index in [2.05, 4.69) is 16.3 Å². The van der Waals surface area contributed by atoms with Crippen LogP contribution in [0.15, 0.2) is 24.4 Å². The van der Waals surface area contributed by atoms with Gasteiger partial charge in [-0.3, -0.25) is 0 Å². The first-order chi connectivity index (χ1) is 6.81. The van der Waals surface area contributed by atoms with Crippen molar-refractivity contribution in [3.05, 3.63) is 35.7 Å². The molecule has 1 N–H and O–H groups in total. The molecule has 0 fully saturated rings. The van der Waals surface area contributed by atoms with E-state index in [1.807, 2.05) is 18.2 Å². The summed E-state index contributed by atoms with van der Waals surface area (Å²) in [5.41, 5.74) is 1.75. The van der Waals surface area contributed by atoms with E-state index in [1.165, 1.54) is 0 Å². The molecule has 0 spiro atoms. The highest BCUT2D eigenvalue weighted by atomic mass is 35.5. The van der Waals surface area contributed by atoms with Gasteiger partial charge in [0.1, 0.15) is 5.75 Å². The fraction of sp³-hybridized carbons (Fsp3) is 0.100. The summed E-state index contributed by atoms with van der Waals surface area (Å²) in [6.07, 6.45) is 4.39. The normalized spacial score (nSPS) is 10.1. The molecule has 3 nitrogen and oxygen atoms in total. The van der Waals surface area contributed by atoms with Crippen LogP contribution in [0.3, 0.4) is 0 Å². The summed E-state index contributed by atoms with van der Waals surface area (Å²) in [6.45, 7) is 0. The average molecular weight is 208 g/mol. The second-order valence-electron chi connectivity index (χ2n) is 2.75. The van der Waals surface area contributed by atoms with Crippen LogP contribution in [0.5, 0.6) is 5.75 Å². The van der Waals surface area contributed by atoms with E-state index in [4.69, 9.17) is 16.3 Å². The molecule has 14 heavy (non-hydrogen) atoms. The molecule has 0 aliphatic heterocycles. The van der Waals surface area contributed by atoms with Crippen LogP contribution >= 0.6 is 11.6 Å². The molecule has 0 aliphatic carbocycles. The third-order valence-corrected chi connectivity index (χ3v) is 2.19. The molecule has 0 aliphatic rings. The molecule has 4 heteroatoms. The van der Waals surface area contributed by atoms with Crippen molar-refractivity contribution in [2.75, 3.05) is 7.11 Å². The van der Waals surface area contributed by atoms with Gasteiger partial charge < -0.3 is 9.72 Å². The molecule has 0 atom stereocenters. The highest BCUT2D eigenvalue weighted by Gasteiger charge is 2.04. The van der Waals surface area contributed by atoms with Crippen LogP contribution in [0.25, 0.3) is 11.3 Å². The Balaban J connectivity index is 2.43. The Bertz CT molecular complexity index is 426. The van der Waals surface area contributed by atoms with E-state index in [-0.39, 0.29) is 0 Å². The van der Waals surface area contributed by atoms with Crippen LogP contribution in [-0.4, -0.2) is 17.1 Å². The zero-order valence-electron chi connectivity index (χ0n) is 7.54. The molecule has 1 heterocycles. The summed E-state index contributed by atoms with van der Waals surface area (Å²) in [7, 11) is 1.59. The van der Waals surface area contributed by atoms with Crippen LogP contribution in [0.4, 0.5) is 0 Å². The number of nitrogens with one attached hydrogen (secondary N) is 1. The number of imidazole rings is 1. The van der Waals surface area contributed by atoms with E-state index in [9.17, 15) is 0 Å². The average Bonchev–Trinajstić information content (AvgIpc) is 2.70. The molecule has 1 aromatic carbocycles. The van der Waals surface area contributed by atoms with Gasteiger partial charge in [0.25, 0.3) is 0 Å². The van der Waals surface area contributed by atoms with Gasteiger partial charge in [-0.05, 0) is 18.2 Å². The van der Waals surface area contributed by atoms with Crippen molar-refractivity contribution < 1.29 is 4.74 Å². The van der Waals surface area contributed by atoms with E-state index >= 15 is 0 Å². The molecule has 0 saturated carbocycles. The van der Waals surface area contributed by atoms with Crippen molar-refractivity contribution >= 4 is 11.6 Å². The fourth-order valence-electron chi connectivity index (χ4n) is 1.20. The zero-order valence-corrected chi connectivity index (χ0v) is 8.30. The summed E-state index contributed by atoms with van der Waals surface area (Å²) in [5.74, 6) is 0.662. The monoisotopic (exact) mass is 207 g/mol. The molecular weight excluding hydrogens is 200 g/mol. The minimum absolute atomic E-state index is 0.577. The number of methoxy groups -OCH3 is 1. The number of hydrogen-bond donors (Lipinski definition) is 1. The molecule has 0 bridgehead atoms. The first-order valence-corrected chi connectivity index (χ1v) is 4.44. The molecule has 2 rings (SSSR count). The number of aromatic nitrogens is 2. The largest absolute Gasteiger partial charge is 0.495 e. The van der Waals surface area contributed by atoms with E-state index in [1.54, 1.807) is 13.3 Å². The molecular formula is C10H8ClN2O. The van der Waals surface area contributed by atoms with Crippen molar-refractivity contribution in [3.63, 3.8) is 0 Å². The minimum Gasteiger partial charge on any atom is -0.495 e. The first-order valence-electron chi connectivity index (χ1n) is 4.06. The Morgan fingerprint density at radius 3 is 2.93 bits per heavy atom. The fourth-order valence-corrected chi connectivity index (χ4v) is 1.46. The summed E-state index contributed by atoms with van der Waals surface area (Å²) < 4.78 is 5.05. The van der Waals surface area contributed by atoms with Crippen molar-refractivity contribution in [1.82, 2.24) is 9.97 Å². The highest BCUT2D eigenvalue weighted by Crippen LogP contribution is 2.28. The van der Waals surface area contributed by atoms with Gasteiger partial charge in [-0.1, -0.05) is 11.6 Å². The standard InChI is InChI=1S/C10H8ClN2O/c1-14-10-3-2-7(4-8(10)11)9-5-12-6-13-9/h2-5H,1H3,(H,12,13). The predicted octanol–water partition coefficient (Wildman–Crippen LogP) is 2.54. The van der Waals surface area contributed by atoms with E-state index in [0.717, 1.165) is 11.3 Å². The Labute approximate surface area is 86.7 Å². The van der Waals surface area contributed by atoms with Gasteiger partial charge >= 0.3 is 0 Å². The van der Waals surface area contributed by atoms with Crippen LogP contribution in [0.2, 0.25) is 5.02 Å². The lowest BCUT2D eigenvalue weighted by Gasteiger charge is -2.03. The number of hydrogen-bond acceptors (Lipinski definition) is 2. The molecule has 1 radical (unpaired) electrons. The predicted molar refractivity (Wildman–Crippen MR) is 54.4 cm³/mol. The Morgan fingerprint density at radius 1 is 1.50 bits per heavy atom. The van der Waals surface area contributed by atoms with Crippen LogP contribution in [0.1, 0.15) is 0 Å². The van der Waals surface area contributed by atoms with Gasteiger partial charge in [-0.15, -0.1) is 0 Å². The number of nitrogens with zero attached hydrogens (tertiary/aromatic N) is 1. The topological polar surface area (TPSA) is 37.9 Å². The third kappa shape index (κ3) is 1.59. The lowest BCUT2D eigenvalue weighted by molar-refractivity contribution is 0.415.